The Morgan fingerprint density at radius 3 is 2.56 bits per heavy atom. The van der Waals surface area contributed by atoms with Gasteiger partial charge in [-0.2, -0.15) is 5.26 Å². The molecule has 0 radical (unpaired) electrons. The van der Waals surface area contributed by atoms with E-state index in [1.165, 1.54) is 6.08 Å². The third-order valence-electron chi connectivity index (χ3n) is 0.632. The Bertz CT molecular complexity index is 180. The summed E-state index contributed by atoms with van der Waals surface area (Å²) in [6, 6.07) is 1.56. The van der Waals surface area contributed by atoms with E-state index in [0.717, 1.165) is 0 Å². The van der Waals surface area contributed by atoms with Gasteiger partial charge in [0.2, 0.25) is 0 Å². The average molecular weight is 237 g/mol. The van der Waals surface area contributed by atoms with Crippen LogP contribution in [0.2, 0.25) is 0 Å². The van der Waals surface area contributed by atoms with E-state index < -0.39 is 5.97 Å². The van der Waals surface area contributed by atoms with Crippen LogP contribution >= 0.6 is 22.6 Å². The lowest BCUT2D eigenvalue weighted by Gasteiger charge is -1.83. The SMILES string of the molecule is N#CC(=CCI)C(=O)O. The fraction of sp³-hybridized carbons (Fsp3) is 0.200. The molecule has 0 heterocycles. The zero-order chi connectivity index (χ0) is 7.28. The van der Waals surface area contributed by atoms with Gasteiger partial charge in [-0.3, -0.25) is 0 Å². The molecule has 9 heavy (non-hydrogen) atoms. The Hall–Kier alpha value is -0.570. The molecule has 0 amide bonds. The van der Waals surface area contributed by atoms with Crippen LogP contribution in [0.25, 0.3) is 0 Å². The van der Waals surface area contributed by atoms with Crippen LogP contribution in [-0.4, -0.2) is 15.5 Å². The molecule has 0 aliphatic rings. The summed E-state index contributed by atoms with van der Waals surface area (Å²) in [6.45, 7) is 0. The Morgan fingerprint density at radius 2 is 2.44 bits per heavy atom. The van der Waals surface area contributed by atoms with Gasteiger partial charge in [-0.05, 0) is 6.08 Å². The maximum atomic E-state index is 10.0. The first-order chi connectivity index (χ1) is 4.22. The third kappa shape index (κ3) is 3.08. The maximum absolute atomic E-state index is 10.0. The minimum absolute atomic E-state index is 0.190. The van der Waals surface area contributed by atoms with Crippen molar-refractivity contribution in [1.82, 2.24) is 0 Å². The van der Waals surface area contributed by atoms with E-state index in [0.29, 0.717) is 4.43 Å². The molecule has 0 saturated carbocycles. The molecule has 0 saturated heterocycles. The number of hydrogen-bond donors (Lipinski definition) is 1. The van der Waals surface area contributed by atoms with Gasteiger partial charge in [0, 0.05) is 4.43 Å². The molecular weight excluding hydrogens is 233 g/mol. The number of allylic oxidation sites excluding steroid dienone is 1. The van der Waals surface area contributed by atoms with E-state index in [1.54, 1.807) is 6.07 Å². The molecule has 0 unspecified atom stereocenters. The Balaban J connectivity index is 4.20. The Kier molecular flexibility index (Phi) is 4.05. The third-order valence-corrected chi connectivity index (χ3v) is 1.07. The number of halogens is 1. The molecule has 1 N–H and O–H groups in total. The fourth-order valence-corrected chi connectivity index (χ4v) is 0.698. The molecule has 0 aromatic rings. The normalized spacial score (nSPS) is 10.4. The van der Waals surface area contributed by atoms with Crippen molar-refractivity contribution in [3.63, 3.8) is 0 Å². The molecule has 0 atom stereocenters. The zero-order valence-electron chi connectivity index (χ0n) is 4.47. The van der Waals surface area contributed by atoms with Gasteiger partial charge in [0.25, 0.3) is 0 Å². The lowest BCUT2D eigenvalue weighted by molar-refractivity contribution is -0.132. The van der Waals surface area contributed by atoms with E-state index in [1.807, 2.05) is 22.6 Å². The van der Waals surface area contributed by atoms with Gasteiger partial charge in [0.15, 0.2) is 0 Å². The number of nitriles is 1. The van der Waals surface area contributed by atoms with Crippen molar-refractivity contribution < 1.29 is 9.90 Å². The van der Waals surface area contributed by atoms with Crippen molar-refractivity contribution in [3.05, 3.63) is 11.6 Å². The average Bonchev–Trinajstić information content (AvgIpc) is 1.82. The van der Waals surface area contributed by atoms with Gasteiger partial charge >= 0.3 is 5.97 Å². The van der Waals surface area contributed by atoms with Crippen molar-refractivity contribution in [2.24, 2.45) is 0 Å². The number of carboxylic acid groups (broad SMARTS) is 1. The number of carbonyl (C=O) groups is 1. The smallest absolute Gasteiger partial charge is 0.346 e. The van der Waals surface area contributed by atoms with Crippen molar-refractivity contribution in [2.45, 2.75) is 0 Å². The molecule has 0 fully saturated rings. The molecule has 0 spiro atoms. The summed E-state index contributed by atoms with van der Waals surface area (Å²) in [5.41, 5.74) is -0.190. The molecule has 0 bridgehead atoms. The molecule has 3 nitrogen and oxygen atoms in total. The largest absolute Gasteiger partial charge is 0.477 e. The molecule has 0 aromatic carbocycles. The fourth-order valence-electron chi connectivity index (χ4n) is 0.258. The predicted octanol–water partition coefficient (Wildman–Crippen LogP) is 0.956. The summed E-state index contributed by atoms with van der Waals surface area (Å²) < 4.78 is 0.549. The number of carboxylic acids is 1. The topological polar surface area (TPSA) is 61.1 Å². The number of hydrogen-bond acceptors (Lipinski definition) is 2. The highest BCUT2D eigenvalue weighted by atomic mass is 127. The van der Waals surface area contributed by atoms with Gasteiger partial charge in [0.1, 0.15) is 11.6 Å². The lowest BCUT2D eigenvalue weighted by atomic mass is 10.3. The number of rotatable bonds is 2. The molecule has 0 aliphatic heterocycles. The van der Waals surface area contributed by atoms with E-state index in [4.69, 9.17) is 10.4 Å². The minimum Gasteiger partial charge on any atom is -0.477 e. The minimum atomic E-state index is -1.16. The first-order valence-electron chi connectivity index (χ1n) is 2.12. The molecular formula is C5H4INO2. The molecule has 0 aromatic heterocycles. The molecule has 0 aliphatic carbocycles. The maximum Gasteiger partial charge on any atom is 0.346 e. The Labute approximate surface area is 66.1 Å². The molecule has 0 rings (SSSR count). The second-order valence-electron chi connectivity index (χ2n) is 1.19. The van der Waals surface area contributed by atoms with Crippen LogP contribution in [0.5, 0.6) is 0 Å². The summed E-state index contributed by atoms with van der Waals surface area (Å²) in [5.74, 6) is -1.16. The van der Waals surface area contributed by atoms with E-state index in [-0.39, 0.29) is 5.57 Å². The van der Waals surface area contributed by atoms with Crippen LogP contribution < -0.4 is 0 Å². The van der Waals surface area contributed by atoms with Crippen LogP contribution in [0.1, 0.15) is 0 Å². The van der Waals surface area contributed by atoms with Crippen LogP contribution in [0.3, 0.4) is 0 Å². The van der Waals surface area contributed by atoms with E-state index in [9.17, 15) is 4.79 Å². The highest BCUT2D eigenvalue weighted by Gasteiger charge is 2.02. The standard InChI is InChI=1S/C5H4INO2/c6-2-1-4(3-7)5(8)9/h1H,2H2,(H,8,9). The van der Waals surface area contributed by atoms with Gasteiger partial charge in [-0.1, -0.05) is 22.6 Å². The van der Waals surface area contributed by atoms with Gasteiger partial charge < -0.3 is 5.11 Å². The van der Waals surface area contributed by atoms with Crippen molar-refractivity contribution in [3.8, 4) is 6.07 Å². The Morgan fingerprint density at radius 1 is 1.89 bits per heavy atom. The zero-order valence-corrected chi connectivity index (χ0v) is 6.62. The highest BCUT2D eigenvalue weighted by Crippen LogP contribution is 1.93. The monoisotopic (exact) mass is 237 g/mol. The summed E-state index contributed by atoms with van der Waals surface area (Å²) in [4.78, 5) is 10.0. The highest BCUT2D eigenvalue weighted by molar-refractivity contribution is 14.1. The summed E-state index contributed by atoms with van der Waals surface area (Å²) in [5, 5.41) is 16.3. The second-order valence-corrected chi connectivity index (χ2v) is 2.07. The van der Waals surface area contributed by atoms with Gasteiger partial charge in [-0.25, -0.2) is 4.79 Å². The predicted molar refractivity (Wildman–Crippen MR) is 40.2 cm³/mol. The second kappa shape index (κ2) is 4.32. The van der Waals surface area contributed by atoms with E-state index >= 15 is 0 Å². The quantitative estimate of drug-likeness (QED) is 0.336. The first kappa shape index (κ1) is 8.43. The lowest BCUT2D eigenvalue weighted by Crippen LogP contribution is -1.97. The van der Waals surface area contributed by atoms with Crippen LogP contribution in [0.15, 0.2) is 11.6 Å². The van der Waals surface area contributed by atoms with Crippen LogP contribution in [0.4, 0.5) is 0 Å². The summed E-state index contributed by atoms with van der Waals surface area (Å²) in [7, 11) is 0. The van der Waals surface area contributed by atoms with Crippen LogP contribution in [0, 0.1) is 11.3 Å². The molecule has 4 heteroatoms. The molecule has 48 valence electrons. The number of alkyl halides is 1. The summed E-state index contributed by atoms with van der Waals surface area (Å²) >= 11 is 1.97. The van der Waals surface area contributed by atoms with E-state index in [2.05, 4.69) is 0 Å². The number of nitrogens with zero attached hydrogens (tertiary/aromatic N) is 1. The van der Waals surface area contributed by atoms with Crippen molar-refractivity contribution in [2.75, 3.05) is 4.43 Å². The summed E-state index contributed by atoms with van der Waals surface area (Å²) in [6.07, 6.45) is 1.36. The van der Waals surface area contributed by atoms with Gasteiger partial charge in [0.05, 0.1) is 0 Å². The van der Waals surface area contributed by atoms with Crippen molar-refractivity contribution in [1.29, 1.82) is 5.26 Å². The first-order valence-corrected chi connectivity index (χ1v) is 3.64. The van der Waals surface area contributed by atoms with Crippen LogP contribution in [-0.2, 0) is 4.79 Å². The van der Waals surface area contributed by atoms with Gasteiger partial charge in [-0.15, -0.1) is 0 Å². The van der Waals surface area contributed by atoms with Crippen molar-refractivity contribution >= 4 is 28.6 Å². The number of aliphatic carboxylic acids is 1.